The van der Waals surface area contributed by atoms with Crippen molar-refractivity contribution in [1.82, 2.24) is 9.78 Å². The van der Waals surface area contributed by atoms with Gasteiger partial charge in [-0.25, -0.2) is 13.5 Å². The zero-order chi connectivity index (χ0) is 21.6. The van der Waals surface area contributed by atoms with Crippen LogP contribution in [0.5, 0.6) is 0 Å². The number of benzene rings is 2. The molecule has 0 unspecified atom stereocenters. The van der Waals surface area contributed by atoms with Gasteiger partial charge in [-0.05, 0) is 48.9 Å². The van der Waals surface area contributed by atoms with Crippen molar-refractivity contribution in [2.45, 2.75) is 20.0 Å². The molecule has 1 amide bonds. The molecule has 0 aliphatic heterocycles. The van der Waals surface area contributed by atoms with Gasteiger partial charge in [-0.15, -0.1) is 11.3 Å². The summed E-state index contributed by atoms with van der Waals surface area (Å²) >= 11 is 7.25. The third-order valence-corrected chi connectivity index (χ3v) is 6.12. The number of aliphatic hydroxyl groups is 1. The molecule has 0 fully saturated rings. The molecule has 2 aromatic carbocycles. The zero-order valence-electron chi connectivity index (χ0n) is 15.7. The van der Waals surface area contributed by atoms with Crippen molar-refractivity contribution in [3.63, 3.8) is 0 Å². The highest BCUT2D eigenvalue weighted by atomic mass is 35.5. The number of aliphatic hydroxyl groups excluding tert-OH is 1. The second-order valence-electron chi connectivity index (χ2n) is 6.82. The fourth-order valence-electron chi connectivity index (χ4n) is 3.54. The predicted molar refractivity (Wildman–Crippen MR) is 112 cm³/mol. The first-order valence-electron chi connectivity index (χ1n) is 8.94. The van der Waals surface area contributed by atoms with Crippen LogP contribution in [0.3, 0.4) is 0 Å². The van der Waals surface area contributed by atoms with Crippen molar-refractivity contribution in [3.8, 4) is 5.69 Å². The van der Waals surface area contributed by atoms with Crippen molar-refractivity contribution in [3.05, 3.63) is 80.4 Å². The summed E-state index contributed by atoms with van der Waals surface area (Å²) in [6.07, 6.45) is 0.368. The third kappa shape index (κ3) is 3.58. The van der Waals surface area contributed by atoms with Gasteiger partial charge in [0.05, 0.1) is 33.9 Å². The van der Waals surface area contributed by atoms with Crippen LogP contribution in [0.4, 0.5) is 8.78 Å². The Kier molecular flexibility index (Phi) is 5.31. The number of fused-ring (bicyclic) bond motifs is 1. The van der Waals surface area contributed by atoms with Gasteiger partial charge in [0.25, 0.3) is 5.91 Å². The first-order valence-corrected chi connectivity index (χ1v) is 10.1. The number of carbonyl (C=O) groups is 1. The van der Waals surface area contributed by atoms with E-state index in [-0.39, 0.29) is 16.3 Å². The molecule has 154 valence electrons. The van der Waals surface area contributed by atoms with E-state index in [9.17, 15) is 18.7 Å². The molecule has 0 aliphatic rings. The van der Waals surface area contributed by atoms with Crippen LogP contribution in [0.15, 0.2) is 36.4 Å². The summed E-state index contributed by atoms with van der Waals surface area (Å²) in [4.78, 5) is 12.6. The van der Waals surface area contributed by atoms with E-state index in [4.69, 9.17) is 17.3 Å². The molecule has 9 heteroatoms. The van der Waals surface area contributed by atoms with E-state index in [1.807, 2.05) is 0 Å². The second-order valence-corrected chi connectivity index (χ2v) is 8.39. The minimum atomic E-state index is -0.698. The molecular formula is C21H16ClF2N3O2S. The van der Waals surface area contributed by atoms with Gasteiger partial charge in [-0.2, -0.15) is 5.10 Å². The molecule has 0 saturated heterocycles. The summed E-state index contributed by atoms with van der Waals surface area (Å²) in [5.41, 5.74) is 7.35. The molecule has 0 atom stereocenters. The molecule has 0 aliphatic carbocycles. The summed E-state index contributed by atoms with van der Waals surface area (Å²) < 4.78 is 30.2. The van der Waals surface area contributed by atoms with E-state index in [1.54, 1.807) is 19.1 Å². The summed E-state index contributed by atoms with van der Waals surface area (Å²) in [5.74, 6) is -1.56. The van der Waals surface area contributed by atoms with E-state index in [2.05, 4.69) is 5.10 Å². The van der Waals surface area contributed by atoms with Gasteiger partial charge >= 0.3 is 0 Å². The van der Waals surface area contributed by atoms with Crippen molar-refractivity contribution < 1.29 is 18.7 Å². The average Bonchev–Trinajstić information content (AvgIpc) is 3.22. The average molecular weight is 448 g/mol. The summed E-state index contributed by atoms with van der Waals surface area (Å²) in [5, 5.41) is 14.8. The Morgan fingerprint density at radius 3 is 2.70 bits per heavy atom. The van der Waals surface area contributed by atoms with Crippen LogP contribution < -0.4 is 5.73 Å². The first kappa shape index (κ1) is 20.5. The minimum absolute atomic E-state index is 0.140. The zero-order valence-corrected chi connectivity index (χ0v) is 17.3. The molecule has 5 nitrogen and oxygen atoms in total. The molecule has 3 N–H and O–H groups in total. The number of nitrogens with zero attached hydrogens (tertiary/aromatic N) is 2. The Balaban J connectivity index is 1.86. The number of amides is 1. The van der Waals surface area contributed by atoms with Crippen molar-refractivity contribution in [2.75, 3.05) is 0 Å². The standard InChI is InChI=1S/C21H16ClF2N3O2S/c1-10-19(21(25)29)18(9-28)27(26-10)17-3-2-16(24)15-8-14(30-20(15)17)6-11-4-12(22)7-13(23)5-11/h2-5,7-8,28H,6,9H2,1H3,(H2,25,29). The lowest BCUT2D eigenvalue weighted by molar-refractivity contribution is 0.0996. The summed E-state index contributed by atoms with van der Waals surface area (Å²) in [6.45, 7) is 1.15. The number of rotatable bonds is 5. The Morgan fingerprint density at radius 2 is 2.03 bits per heavy atom. The van der Waals surface area contributed by atoms with Gasteiger partial charge in [0.1, 0.15) is 11.6 Å². The van der Waals surface area contributed by atoms with E-state index in [0.29, 0.717) is 33.5 Å². The maximum Gasteiger partial charge on any atom is 0.252 e. The predicted octanol–water partition coefficient (Wildman–Crippen LogP) is 4.51. The lowest BCUT2D eigenvalue weighted by Gasteiger charge is -2.08. The van der Waals surface area contributed by atoms with Gasteiger partial charge in [-0.1, -0.05) is 11.6 Å². The van der Waals surface area contributed by atoms with E-state index in [0.717, 1.165) is 4.88 Å². The quantitative estimate of drug-likeness (QED) is 0.472. The second kappa shape index (κ2) is 7.79. The molecule has 4 aromatic rings. The van der Waals surface area contributed by atoms with Crippen molar-refractivity contribution in [2.24, 2.45) is 5.73 Å². The summed E-state index contributed by atoms with van der Waals surface area (Å²) in [6, 6.07) is 8.80. The highest BCUT2D eigenvalue weighted by molar-refractivity contribution is 7.19. The Morgan fingerprint density at radius 1 is 1.27 bits per heavy atom. The highest BCUT2D eigenvalue weighted by Crippen LogP contribution is 2.35. The summed E-state index contributed by atoms with van der Waals surface area (Å²) in [7, 11) is 0. The molecule has 2 aromatic heterocycles. The molecule has 0 bridgehead atoms. The maximum absolute atomic E-state index is 14.5. The van der Waals surface area contributed by atoms with Gasteiger partial charge in [0.2, 0.25) is 0 Å². The van der Waals surface area contributed by atoms with Crippen LogP contribution in [0, 0.1) is 18.6 Å². The SMILES string of the molecule is Cc1nn(-c2ccc(F)c3cc(Cc4cc(F)cc(Cl)c4)sc23)c(CO)c1C(N)=O. The smallest absolute Gasteiger partial charge is 0.252 e. The molecule has 0 radical (unpaired) electrons. The molecule has 30 heavy (non-hydrogen) atoms. The van der Waals surface area contributed by atoms with Crippen LogP contribution in [-0.2, 0) is 13.0 Å². The molecule has 0 saturated carbocycles. The number of thiophene rings is 1. The number of carbonyl (C=O) groups excluding carboxylic acids is 1. The first-order chi connectivity index (χ1) is 14.3. The van der Waals surface area contributed by atoms with E-state index >= 15 is 0 Å². The van der Waals surface area contributed by atoms with E-state index < -0.39 is 24.1 Å². The number of aromatic nitrogens is 2. The Hall–Kier alpha value is -2.81. The molecule has 0 spiro atoms. The van der Waals surface area contributed by atoms with Gasteiger partial charge < -0.3 is 10.8 Å². The number of halogens is 3. The Labute approximate surface area is 179 Å². The topological polar surface area (TPSA) is 81.1 Å². The fourth-order valence-corrected chi connectivity index (χ4v) is 4.98. The number of hydrogen-bond donors (Lipinski definition) is 2. The van der Waals surface area contributed by atoms with Crippen molar-refractivity contribution >= 4 is 38.9 Å². The molecule has 2 heterocycles. The lowest BCUT2D eigenvalue weighted by Crippen LogP contribution is -2.15. The monoisotopic (exact) mass is 447 g/mol. The van der Waals surface area contributed by atoms with Crippen LogP contribution in [0.25, 0.3) is 15.8 Å². The van der Waals surface area contributed by atoms with Crippen LogP contribution in [0.1, 0.15) is 32.2 Å². The highest BCUT2D eigenvalue weighted by Gasteiger charge is 2.22. The molecular weight excluding hydrogens is 432 g/mol. The minimum Gasteiger partial charge on any atom is -0.390 e. The third-order valence-electron chi connectivity index (χ3n) is 4.74. The van der Waals surface area contributed by atoms with Gasteiger partial charge in [0.15, 0.2) is 0 Å². The molecule has 4 rings (SSSR count). The largest absolute Gasteiger partial charge is 0.390 e. The van der Waals surface area contributed by atoms with Gasteiger partial charge in [0, 0.05) is 21.7 Å². The van der Waals surface area contributed by atoms with E-state index in [1.165, 1.54) is 40.3 Å². The van der Waals surface area contributed by atoms with Crippen LogP contribution >= 0.6 is 22.9 Å². The lowest BCUT2D eigenvalue weighted by atomic mass is 10.1. The maximum atomic E-state index is 14.5. The number of primary amides is 1. The fraction of sp³-hybridized carbons (Fsp3) is 0.143. The Bertz CT molecular complexity index is 1280. The number of aryl methyl sites for hydroxylation is 1. The number of hydrogen-bond acceptors (Lipinski definition) is 4. The normalized spacial score (nSPS) is 11.4. The van der Waals surface area contributed by atoms with Crippen LogP contribution in [0.2, 0.25) is 5.02 Å². The van der Waals surface area contributed by atoms with Crippen molar-refractivity contribution in [1.29, 1.82) is 0 Å². The van der Waals surface area contributed by atoms with Crippen LogP contribution in [-0.4, -0.2) is 20.8 Å². The van der Waals surface area contributed by atoms with Gasteiger partial charge in [-0.3, -0.25) is 4.79 Å². The number of nitrogens with two attached hydrogens (primary N) is 1.